The minimum absolute atomic E-state index is 0.217. The summed E-state index contributed by atoms with van der Waals surface area (Å²) < 4.78 is 0.850. The minimum Gasteiger partial charge on any atom is -0.321 e. The fraction of sp³-hybridized carbons (Fsp3) is 0.0714. The summed E-state index contributed by atoms with van der Waals surface area (Å²) in [5, 5.41) is 3.27. The average molecular weight is 325 g/mol. The topological polar surface area (TPSA) is 29.1 Å². The van der Waals surface area contributed by atoms with Gasteiger partial charge in [0.15, 0.2) is 0 Å². The van der Waals surface area contributed by atoms with Crippen molar-refractivity contribution >= 4 is 39.1 Å². The highest BCUT2D eigenvalue weighted by Crippen LogP contribution is 2.25. The van der Waals surface area contributed by atoms with Gasteiger partial charge in [-0.3, -0.25) is 4.79 Å². The van der Waals surface area contributed by atoms with Gasteiger partial charge in [-0.25, -0.2) is 0 Å². The van der Waals surface area contributed by atoms with Crippen molar-refractivity contribution in [3.05, 3.63) is 63.1 Å². The van der Waals surface area contributed by atoms with Crippen LogP contribution in [0, 0.1) is 6.92 Å². The number of hydrogen-bond acceptors (Lipinski definition) is 1. The highest BCUT2D eigenvalue weighted by atomic mass is 79.9. The van der Waals surface area contributed by atoms with Gasteiger partial charge in [-0.1, -0.05) is 29.8 Å². The molecule has 1 amide bonds. The van der Waals surface area contributed by atoms with Crippen LogP contribution in [0.25, 0.3) is 0 Å². The zero-order valence-corrected chi connectivity index (χ0v) is 12.0. The molecule has 92 valence electrons. The van der Waals surface area contributed by atoms with Gasteiger partial charge in [-0.15, -0.1) is 0 Å². The average Bonchev–Trinajstić information content (AvgIpc) is 2.33. The number of rotatable bonds is 2. The lowest BCUT2D eigenvalue weighted by atomic mass is 10.2. The fourth-order valence-corrected chi connectivity index (χ4v) is 2.37. The van der Waals surface area contributed by atoms with Gasteiger partial charge < -0.3 is 5.32 Å². The summed E-state index contributed by atoms with van der Waals surface area (Å²) in [6.45, 7) is 1.99. The van der Waals surface area contributed by atoms with Crippen molar-refractivity contribution in [2.75, 3.05) is 5.32 Å². The quantitative estimate of drug-likeness (QED) is 0.855. The van der Waals surface area contributed by atoms with E-state index in [-0.39, 0.29) is 5.91 Å². The van der Waals surface area contributed by atoms with Crippen LogP contribution in [0.3, 0.4) is 0 Å². The molecule has 0 radical (unpaired) electrons. The van der Waals surface area contributed by atoms with Crippen LogP contribution < -0.4 is 5.32 Å². The van der Waals surface area contributed by atoms with Crippen molar-refractivity contribution < 1.29 is 4.79 Å². The molecular formula is C14H11BrClNO. The zero-order chi connectivity index (χ0) is 13.1. The zero-order valence-electron chi connectivity index (χ0n) is 9.71. The molecule has 0 spiro atoms. The monoisotopic (exact) mass is 323 g/mol. The Labute approximate surface area is 119 Å². The van der Waals surface area contributed by atoms with E-state index in [0.29, 0.717) is 10.6 Å². The molecule has 0 unspecified atom stereocenters. The molecule has 2 aromatic rings. The predicted molar refractivity (Wildman–Crippen MR) is 78.3 cm³/mol. The summed E-state index contributed by atoms with van der Waals surface area (Å²) in [7, 11) is 0. The first kappa shape index (κ1) is 13.1. The number of anilines is 1. The molecule has 0 atom stereocenters. The number of amides is 1. The summed E-state index contributed by atoms with van der Waals surface area (Å²) >= 11 is 9.40. The normalized spacial score (nSPS) is 10.2. The summed E-state index contributed by atoms with van der Waals surface area (Å²) in [5.74, 6) is -0.217. The third-order valence-electron chi connectivity index (χ3n) is 2.49. The molecule has 0 aliphatic carbocycles. The van der Waals surface area contributed by atoms with E-state index < -0.39 is 0 Å². The molecule has 2 nitrogen and oxygen atoms in total. The lowest BCUT2D eigenvalue weighted by Gasteiger charge is -2.09. The molecule has 4 heteroatoms. The van der Waals surface area contributed by atoms with Crippen LogP contribution in [0.2, 0.25) is 5.02 Å². The molecule has 0 aromatic heterocycles. The lowest BCUT2D eigenvalue weighted by molar-refractivity contribution is 0.102. The molecule has 2 rings (SSSR count). The Morgan fingerprint density at radius 3 is 2.61 bits per heavy atom. The van der Waals surface area contributed by atoms with Crippen molar-refractivity contribution in [3.63, 3.8) is 0 Å². The number of halogens is 2. The summed E-state index contributed by atoms with van der Waals surface area (Å²) in [6, 6.07) is 12.7. The second-order valence-electron chi connectivity index (χ2n) is 3.92. The van der Waals surface area contributed by atoms with E-state index in [9.17, 15) is 4.79 Å². The smallest absolute Gasteiger partial charge is 0.257 e. The van der Waals surface area contributed by atoms with Gasteiger partial charge in [0.05, 0.1) is 16.3 Å². The second-order valence-corrected chi connectivity index (χ2v) is 5.18. The Morgan fingerprint density at radius 1 is 1.22 bits per heavy atom. The van der Waals surface area contributed by atoms with Crippen molar-refractivity contribution in [1.82, 2.24) is 0 Å². The van der Waals surface area contributed by atoms with Crippen molar-refractivity contribution in [3.8, 4) is 0 Å². The van der Waals surface area contributed by atoms with E-state index in [1.807, 2.05) is 25.1 Å². The van der Waals surface area contributed by atoms with Gasteiger partial charge in [0.1, 0.15) is 0 Å². The largest absolute Gasteiger partial charge is 0.321 e. The molecule has 0 saturated heterocycles. The number of carbonyl (C=O) groups excluding carboxylic acids is 1. The maximum atomic E-state index is 12.1. The van der Waals surface area contributed by atoms with E-state index in [1.54, 1.807) is 24.3 Å². The molecule has 2 aromatic carbocycles. The lowest BCUT2D eigenvalue weighted by Crippen LogP contribution is -2.12. The molecule has 0 aliphatic heterocycles. The Balaban J connectivity index is 2.24. The second kappa shape index (κ2) is 5.55. The summed E-state index contributed by atoms with van der Waals surface area (Å²) in [4.78, 5) is 12.1. The van der Waals surface area contributed by atoms with Gasteiger partial charge in [0, 0.05) is 4.47 Å². The van der Waals surface area contributed by atoms with Gasteiger partial charge >= 0.3 is 0 Å². The Kier molecular flexibility index (Phi) is 4.04. The first-order valence-corrected chi connectivity index (χ1v) is 6.57. The van der Waals surface area contributed by atoms with Crippen LogP contribution in [0.5, 0.6) is 0 Å². The van der Waals surface area contributed by atoms with Gasteiger partial charge in [-0.2, -0.15) is 0 Å². The number of nitrogens with one attached hydrogen (secondary N) is 1. The Morgan fingerprint density at radius 2 is 1.94 bits per heavy atom. The molecule has 0 bridgehead atoms. The number of carbonyl (C=O) groups is 1. The van der Waals surface area contributed by atoms with Crippen molar-refractivity contribution in [2.45, 2.75) is 6.92 Å². The van der Waals surface area contributed by atoms with Crippen molar-refractivity contribution in [1.29, 1.82) is 0 Å². The molecule has 0 fully saturated rings. The number of benzene rings is 2. The molecule has 1 N–H and O–H groups in total. The standard InChI is InChI=1S/C14H11BrClNO/c1-9-6-7-13(11(15)8-9)17-14(18)10-4-2-3-5-12(10)16/h2-8H,1H3,(H,17,18). The van der Waals surface area contributed by atoms with E-state index >= 15 is 0 Å². The minimum atomic E-state index is -0.217. The summed E-state index contributed by atoms with van der Waals surface area (Å²) in [5.41, 5.74) is 2.31. The van der Waals surface area contributed by atoms with Crippen LogP contribution in [0.15, 0.2) is 46.9 Å². The molecule has 0 heterocycles. The van der Waals surface area contributed by atoms with Crippen LogP contribution in [0.4, 0.5) is 5.69 Å². The summed E-state index contributed by atoms with van der Waals surface area (Å²) in [6.07, 6.45) is 0. The van der Waals surface area contributed by atoms with E-state index in [2.05, 4.69) is 21.2 Å². The molecular weight excluding hydrogens is 314 g/mol. The maximum absolute atomic E-state index is 12.1. The van der Waals surface area contributed by atoms with Crippen LogP contribution in [-0.2, 0) is 0 Å². The molecule has 0 saturated carbocycles. The molecule has 18 heavy (non-hydrogen) atoms. The highest BCUT2D eigenvalue weighted by molar-refractivity contribution is 9.10. The maximum Gasteiger partial charge on any atom is 0.257 e. The van der Waals surface area contributed by atoms with Crippen LogP contribution >= 0.6 is 27.5 Å². The third-order valence-corrected chi connectivity index (χ3v) is 3.48. The van der Waals surface area contributed by atoms with Crippen LogP contribution in [-0.4, -0.2) is 5.91 Å². The van der Waals surface area contributed by atoms with Gasteiger partial charge in [0.25, 0.3) is 5.91 Å². The SMILES string of the molecule is Cc1ccc(NC(=O)c2ccccc2Cl)c(Br)c1. The van der Waals surface area contributed by atoms with E-state index in [1.165, 1.54) is 0 Å². The van der Waals surface area contributed by atoms with E-state index in [4.69, 9.17) is 11.6 Å². The fourth-order valence-electron chi connectivity index (χ4n) is 1.56. The van der Waals surface area contributed by atoms with E-state index in [0.717, 1.165) is 15.7 Å². The van der Waals surface area contributed by atoms with Crippen molar-refractivity contribution in [2.24, 2.45) is 0 Å². The third kappa shape index (κ3) is 2.92. The first-order valence-electron chi connectivity index (χ1n) is 5.40. The molecule has 0 aliphatic rings. The number of aryl methyl sites for hydroxylation is 1. The van der Waals surface area contributed by atoms with Gasteiger partial charge in [0.2, 0.25) is 0 Å². The Hall–Kier alpha value is -1.32. The number of hydrogen-bond donors (Lipinski definition) is 1. The van der Waals surface area contributed by atoms with Crippen LogP contribution in [0.1, 0.15) is 15.9 Å². The van der Waals surface area contributed by atoms with Gasteiger partial charge in [-0.05, 0) is 52.7 Å². The Bertz CT molecular complexity index is 598. The first-order chi connectivity index (χ1) is 8.58. The predicted octanol–water partition coefficient (Wildman–Crippen LogP) is 4.66. The highest BCUT2D eigenvalue weighted by Gasteiger charge is 2.11.